The molecule has 3 heterocycles. The Balaban J connectivity index is 1.80. The standard InChI is InChI=1S/C20H15FN4/c1-25-10-16(12-4-6-22-7-5-12)20-17(11-25)15-9-14(21)8-13-2-3-18(19(13)15)23-24-20/h2-9,11,24H,10H2,1H3. The van der Waals surface area contributed by atoms with Gasteiger partial charge in [-0.2, -0.15) is 5.10 Å². The van der Waals surface area contributed by atoms with E-state index in [1.165, 1.54) is 0 Å². The largest absolute Gasteiger partial charge is 0.375 e. The minimum Gasteiger partial charge on any atom is -0.375 e. The number of halogens is 1. The molecule has 1 N–H and O–H groups in total. The van der Waals surface area contributed by atoms with Gasteiger partial charge in [0, 0.05) is 48.9 Å². The van der Waals surface area contributed by atoms with Gasteiger partial charge in [-0.05, 0) is 47.0 Å². The molecule has 1 aromatic carbocycles. The summed E-state index contributed by atoms with van der Waals surface area (Å²) in [4.78, 5) is 6.22. The van der Waals surface area contributed by atoms with E-state index in [0.717, 1.165) is 51.4 Å². The van der Waals surface area contributed by atoms with Gasteiger partial charge in [0.2, 0.25) is 0 Å². The van der Waals surface area contributed by atoms with Crippen LogP contribution in [-0.2, 0) is 0 Å². The predicted molar refractivity (Wildman–Crippen MR) is 96.9 cm³/mol. The summed E-state index contributed by atoms with van der Waals surface area (Å²) in [5, 5.41) is 4.57. The molecule has 0 bridgehead atoms. The smallest absolute Gasteiger partial charge is 0.124 e. The fraction of sp³-hybridized carbons (Fsp3) is 0.100. The molecule has 4 nitrogen and oxygen atoms in total. The maximum atomic E-state index is 14.2. The van der Waals surface area contributed by atoms with Crippen LogP contribution in [0.1, 0.15) is 22.3 Å². The molecule has 25 heavy (non-hydrogen) atoms. The molecule has 0 unspecified atom stereocenters. The zero-order chi connectivity index (χ0) is 17.0. The van der Waals surface area contributed by atoms with Crippen LogP contribution in [0, 0.1) is 5.82 Å². The second-order valence-corrected chi connectivity index (χ2v) is 6.41. The van der Waals surface area contributed by atoms with Crippen molar-refractivity contribution < 1.29 is 4.39 Å². The molecular weight excluding hydrogens is 315 g/mol. The van der Waals surface area contributed by atoms with Crippen LogP contribution >= 0.6 is 0 Å². The molecule has 2 aliphatic heterocycles. The van der Waals surface area contributed by atoms with Gasteiger partial charge >= 0.3 is 0 Å². The van der Waals surface area contributed by atoms with E-state index in [-0.39, 0.29) is 5.82 Å². The van der Waals surface area contributed by atoms with Gasteiger partial charge in [-0.3, -0.25) is 10.4 Å². The molecule has 122 valence electrons. The summed E-state index contributed by atoms with van der Waals surface area (Å²) < 4.78 is 14.2. The maximum absolute atomic E-state index is 14.2. The number of rotatable bonds is 1. The van der Waals surface area contributed by atoms with Crippen molar-refractivity contribution in [3.63, 3.8) is 0 Å². The Labute approximate surface area is 144 Å². The van der Waals surface area contributed by atoms with Crippen LogP contribution in [0.5, 0.6) is 0 Å². The van der Waals surface area contributed by atoms with Crippen molar-refractivity contribution in [3.05, 3.63) is 82.7 Å². The highest BCUT2D eigenvalue weighted by atomic mass is 19.1. The number of benzene rings is 1. The minimum atomic E-state index is -0.236. The normalized spacial score (nSPS) is 17.4. The third-order valence-corrected chi connectivity index (χ3v) is 4.75. The Morgan fingerprint density at radius 3 is 2.84 bits per heavy atom. The number of aromatic nitrogens is 1. The molecule has 0 saturated carbocycles. The zero-order valence-corrected chi connectivity index (χ0v) is 13.6. The molecule has 0 saturated heterocycles. The van der Waals surface area contributed by atoms with Gasteiger partial charge in [0.25, 0.3) is 0 Å². The first-order valence-electron chi connectivity index (χ1n) is 8.13. The Bertz CT molecular complexity index is 1020. The third kappa shape index (κ3) is 2.12. The van der Waals surface area contributed by atoms with Crippen molar-refractivity contribution in [3.8, 4) is 0 Å². The van der Waals surface area contributed by atoms with Crippen LogP contribution in [0.3, 0.4) is 0 Å². The molecule has 1 aromatic heterocycles. The summed E-state index contributed by atoms with van der Waals surface area (Å²) in [6.45, 7) is 0.744. The van der Waals surface area contributed by atoms with E-state index in [1.807, 2.05) is 31.3 Å². The second-order valence-electron chi connectivity index (χ2n) is 6.41. The molecule has 5 heteroatoms. The Kier molecular flexibility index (Phi) is 2.91. The van der Waals surface area contributed by atoms with Crippen LogP contribution in [0.25, 0.3) is 17.2 Å². The Morgan fingerprint density at radius 2 is 2.00 bits per heavy atom. The van der Waals surface area contributed by atoms with Gasteiger partial charge in [0.05, 0.1) is 11.4 Å². The lowest BCUT2D eigenvalue weighted by Gasteiger charge is -2.28. The van der Waals surface area contributed by atoms with Crippen LogP contribution in [0.15, 0.2) is 59.7 Å². The van der Waals surface area contributed by atoms with E-state index in [4.69, 9.17) is 0 Å². The number of hydrazone groups is 1. The fourth-order valence-corrected chi connectivity index (χ4v) is 3.66. The Morgan fingerprint density at radius 1 is 1.16 bits per heavy atom. The van der Waals surface area contributed by atoms with Crippen molar-refractivity contribution in [1.82, 2.24) is 15.3 Å². The van der Waals surface area contributed by atoms with Crippen molar-refractivity contribution in [2.45, 2.75) is 0 Å². The summed E-state index contributed by atoms with van der Waals surface area (Å²) in [6.07, 6.45) is 9.45. The molecule has 1 aliphatic carbocycles. The molecule has 0 atom stereocenters. The van der Waals surface area contributed by atoms with E-state index >= 15 is 0 Å². The Hall–Kier alpha value is -3.21. The molecule has 0 amide bonds. The number of hydrogen-bond acceptors (Lipinski definition) is 4. The second kappa shape index (κ2) is 5.14. The fourth-order valence-electron chi connectivity index (χ4n) is 3.66. The maximum Gasteiger partial charge on any atom is 0.124 e. The number of allylic oxidation sites excluding steroid dienone is 2. The van der Waals surface area contributed by atoms with Crippen LogP contribution in [0.4, 0.5) is 4.39 Å². The average Bonchev–Trinajstić information content (AvgIpc) is 2.95. The zero-order valence-electron chi connectivity index (χ0n) is 13.6. The van der Waals surface area contributed by atoms with E-state index in [2.05, 4.69) is 26.6 Å². The van der Waals surface area contributed by atoms with Gasteiger partial charge in [-0.1, -0.05) is 6.08 Å². The predicted octanol–water partition coefficient (Wildman–Crippen LogP) is 3.25. The lowest BCUT2D eigenvalue weighted by molar-refractivity contribution is 0.511. The van der Waals surface area contributed by atoms with Crippen molar-refractivity contribution in [2.24, 2.45) is 5.10 Å². The summed E-state index contributed by atoms with van der Waals surface area (Å²) in [6, 6.07) is 7.13. The highest BCUT2D eigenvalue weighted by molar-refractivity contribution is 6.20. The van der Waals surface area contributed by atoms with E-state index < -0.39 is 0 Å². The lowest BCUT2D eigenvalue weighted by atomic mass is 9.89. The SMILES string of the molecule is CN1C=C2C(=C(c3ccncc3)C1)NN=C1C=Cc3cc(F)cc2c31. The summed E-state index contributed by atoms with van der Waals surface area (Å²) >= 11 is 0. The molecule has 2 aromatic rings. The number of likely N-dealkylation sites (N-methyl/N-ethyl adjacent to an activating group) is 1. The molecule has 0 radical (unpaired) electrons. The molecule has 5 rings (SSSR count). The van der Waals surface area contributed by atoms with Gasteiger partial charge < -0.3 is 4.90 Å². The van der Waals surface area contributed by atoms with Crippen molar-refractivity contribution in [2.75, 3.05) is 13.6 Å². The summed E-state index contributed by atoms with van der Waals surface area (Å²) in [5.41, 5.74) is 10.9. The monoisotopic (exact) mass is 330 g/mol. The minimum absolute atomic E-state index is 0.236. The summed E-state index contributed by atoms with van der Waals surface area (Å²) in [7, 11) is 2.02. The number of hydrogen-bond donors (Lipinski definition) is 1. The number of pyridine rings is 1. The topological polar surface area (TPSA) is 40.5 Å². The summed E-state index contributed by atoms with van der Waals surface area (Å²) in [5.74, 6) is -0.236. The molecule has 0 spiro atoms. The van der Waals surface area contributed by atoms with Crippen LogP contribution < -0.4 is 5.43 Å². The van der Waals surface area contributed by atoms with E-state index in [0.29, 0.717) is 0 Å². The van der Waals surface area contributed by atoms with Crippen LogP contribution in [-0.4, -0.2) is 29.2 Å². The first-order valence-corrected chi connectivity index (χ1v) is 8.13. The van der Waals surface area contributed by atoms with Crippen molar-refractivity contribution >= 4 is 22.9 Å². The number of nitrogens with zero attached hydrogens (tertiary/aromatic N) is 3. The number of nitrogens with one attached hydrogen (secondary N) is 1. The van der Waals surface area contributed by atoms with Crippen LogP contribution in [0.2, 0.25) is 0 Å². The number of fused-ring (bicyclic) bond motifs is 2. The first-order chi connectivity index (χ1) is 12.2. The molecule has 0 fully saturated rings. The lowest BCUT2D eigenvalue weighted by Crippen LogP contribution is -2.24. The highest BCUT2D eigenvalue weighted by Gasteiger charge is 2.29. The van der Waals surface area contributed by atoms with Gasteiger partial charge in [0.1, 0.15) is 5.82 Å². The third-order valence-electron chi connectivity index (χ3n) is 4.75. The highest BCUT2D eigenvalue weighted by Crippen LogP contribution is 2.39. The van der Waals surface area contributed by atoms with E-state index in [1.54, 1.807) is 24.5 Å². The first kappa shape index (κ1) is 14.2. The van der Waals surface area contributed by atoms with Gasteiger partial charge in [-0.15, -0.1) is 0 Å². The van der Waals surface area contributed by atoms with E-state index in [9.17, 15) is 4.39 Å². The van der Waals surface area contributed by atoms with Crippen molar-refractivity contribution in [1.29, 1.82) is 0 Å². The molecule has 3 aliphatic rings. The van der Waals surface area contributed by atoms with Gasteiger partial charge in [0.15, 0.2) is 0 Å². The average molecular weight is 330 g/mol. The quantitative estimate of drug-likeness (QED) is 0.872. The molecular formula is C20H15FN4. The van der Waals surface area contributed by atoms with Gasteiger partial charge in [-0.25, -0.2) is 4.39 Å².